The van der Waals surface area contributed by atoms with Crippen molar-refractivity contribution in [2.45, 2.75) is 4.90 Å². The molecule has 0 spiro atoms. The number of anilines is 1. The number of thiophene rings is 1. The van der Waals surface area contributed by atoms with Gasteiger partial charge in [-0.3, -0.25) is 4.72 Å². The van der Waals surface area contributed by atoms with Crippen molar-refractivity contribution in [3.63, 3.8) is 0 Å². The van der Waals surface area contributed by atoms with E-state index in [1.54, 1.807) is 0 Å². The fraction of sp³-hybridized carbons (Fsp3) is 0.0833. The highest BCUT2D eigenvalue weighted by Crippen LogP contribution is 2.28. The summed E-state index contributed by atoms with van der Waals surface area (Å²) in [6.45, 7) is 0. The van der Waals surface area contributed by atoms with Crippen LogP contribution in [0.5, 0.6) is 0 Å². The molecule has 0 aliphatic carbocycles. The van der Waals surface area contributed by atoms with Crippen LogP contribution >= 0.6 is 22.9 Å². The second-order valence-corrected chi connectivity index (χ2v) is 6.81. The van der Waals surface area contributed by atoms with Crippen LogP contribution in [0.25, 0.3) is 0 Å². The largest absolute Gasteiger partial charge is 0.465 e. The zero-order valence-corrected chi connectivity index (χ0v) is 13.0. The van der Waals surface area contributed by atoms with Crippen LogP contribution in [-0.4, -0.2) is 21.5 Å². The molecular weight excluding hydrogens is 341 g/mol. The van der Waals surface area contributed by atoms with Gasteiger partial charge in [-0.05, 0) is 29.6 Å². The topological polar surface area (TPSA) is 72.5 Å². The van der Waals surface area contributed by atoms with E-state index in [0.29, 0.717) is 0 Å². The van der Waals surface area contributed by atoms with Crippen molar-refractivity contribution < 1.29 is 22.3 Å². The predicted octanol–water partition coefficient (Wildman–Crippen LogP) is 3.13. The van der Waals surface area contributed by atoms with Crippen LogP contribution in [0.4, 0.5) is 10.1 Å². The minimum Gasteiger partial charge on any atom is -0.465 e. The number of benzene rings is 1. The molecule has 2 rings (SSSR count). The first-order chi connectivity index (χ1) is 9.85. The molecule has 0 aliphatic heterocycles. The average Bonchev–Trinajstić information content (AvgIpc) is 2.91. The van der Waals surface area contributed by atoms with E-state index in [0.717, 1.165) is 30.6 Å². The first-order valence-electron chi connectivity index (χ1n) is 5.49. The van der Waals surface area contributed by atoms with Crippen molar-refractivity contribution in [2.24, 2.45) is 0 Å². The number of sulfonamides is 1. The first kappa shape index (κ1) is 15.7. The number of hydrogen-bond acceptors (Lipinski definition) is 5. The van der Waals surface area contributed by atoms with E-state index in [9.17, 15) is 17.6 Å². The predicted molar refractivity (Wildman–Crippen MR) is 77.9 cm³/mol. The van der Waals surface area contributed by atoms with Gasteiger partial charge in [0.15, 0.2) is 0 Å². The number of carbonyl (C=O) groups excluding carboxylic acids is 1. The van der Waals surface area contributed by atoms with Gasteiger partial charge < -0.3 is 4.74 Å². The lowest BCUT2D eigenvalue weighted by Crippen LogP contribution is -2.16. The SMILES string of the molecule is COC(=O)c1sccc1S(=O)(=O)Nc1ccc(F)cc1Cl. The standard InChI is InChI=1S/C12H9ClFNO4S2/c1-19-12(16)11-10(4-5-20-11)21(17,18)15-9-3-2-7(14)6-8(9)13/h2-6,15H,1H3. The van der Waals surface area contributed by atoms with Gasteiger partial charge >= 0.3 is 5.97 Å². The minimum atomic E-state index is -4.04. The lowest BCUT2D eigenvalue weighted by molar-refractivity contribution is 0.0602. The monoisotopic (exact) mass is 349 g/mol. The lowest BCUT2D eigenvalue weighted by Gasteiger charge is -2.09. The fourth-order valence-corrected chi connectivity index (χ4v) is 4.21. The van der Waals surface area contributed by atoms with E-state index in [1.165, 1.54) is 17.5 Å². The van der Waals surface area contributed by atoms with Gasteiger partial charge in [0.1, 0.15) is 15.6 Å². The molecule has 0 unspecified atom stereocenters. The first-order valence-corrected chi connectivity index (χ1v) is 8.23. The number of halogens is 2. The van der Waals surface area contributed by atoms with Crippen molar-refractivity contribution >= 4 is 44.6 Å². The summed E-state index contributed by atoms with van der Waals surface area (Å²) in [6.07, 6.45) is 0. The number of rotatable bonds is 4. The second-order valence-electron chi connectivity index (χ2n) is 3.84. The summed E-state index contributed by atoms with van der Waals surface area (Å²) in [4.78, 5) is 11.3. The molecule has 0 saturated heterocycles. The fourth-order valence-electron chi connectivity index (χ4n) is 1.52. The molecule has 0 bridgehead atoms. The summed E-state index contributed by atoms with van der Waals surface area (Å²) in [5.74, 6) is -1.34. The van der Waals surface area contributed by atoms with Crippen molar-refractivity contribution in [2.75, 3.05) is 11.8 Å². The highest BCUT2D eigenvalue weighted by atomic mass is 35.5. The third kappa shape index (κ3) is 3.34. The van der Waals surface area contributed by atoms with Gasteiger partial charge in [-0.15, -0.1) is 11.3 Å². The summed E-state index contributed by atoms with van der Waals surface area (Å²) in [5.41, 5.74) is 0.0140. The molecular formula is C12H9ClFNO4S2. The Kier molecular flexibility index (Phi) is 4.50. The maximum absolute atomic E-state index is 12.9. The summed E-state index contributed by atoms with van der Waals surface area (Å²) in [5, 5.41) is 1.36. The Morgan fingerprint density at radius 1 is 1.38 bits per heavy atom. The van der Waals surface area contributed by atoms with E-state index in [2.05, 4.69) is 9.46 Å². The second kappa shape index (κ2) is 6.00. The molecule has 0 saturated carbocycles. The van der Waals surface area contributed by atoms with Crippen LogP contribution < -0.4 is 4.72 Å². The summed E-state index contributed by atoms with van der Waals surface area (Å²) in [6, 6.07) is 4.52. The summed E-state index contributed by atoms with van der Waals surface area (Å²) >= 11 is 6.71. The Labute approximate surface area is 129 Å². The molecule has 1 aromatic carbocycles. The van der Waals surface area contributed by atoms with Crippen LogP contribution in [-0.2, 0) is 14.8 Å². The van der Waals surface area contributed by atoms with Crippen molar-refractivity contribution in [1.29, 1.82) is 0 Å². The van der Waals surface area contributed by atoms with Gasteiger partial charge in [-0.2, -0.15) is 0 Å². The van der Waals surface area contributed by atoms with Gasteiger partial charge in [0, 0.05) is 0 Å². The molecule has 0 amide bonds. The number of carbonyl (C=O) groups is 1. The van der Waals surface area contributed by atoms with Gasteiger partial charge in [-0.25, -0.2) is 17.6 Å². The number of methoxy groups -OCH3 is 1. The maximum Gasteiger partial charge on any atom is 0.349 e. The third-order valence-corrected chi connectivity index (χ3v) is 5.21. The van der Waals surface area contributed by atoms with Gasteiger partial charge in [0.05, 0.1) is 17.8 Å². The van der Waals surface area contributed by atoms with Crippen LogP contribution in [0.2, 0.25) is 5.02 Å². The Hall–Kier alpha value is -1.64. The van der Waals surface area contributed by atoms with Crippen LogP contribution in [0.3, 0.4) is 0 Å². The molecule has 1 aromatic heterocycles. The molecule has 2 aromatic rings. The Balaban J connectivity index is 2.39. The number of hydrogen-bond donors (Lipinski definition) is 1. The quantitative estimate of drug-likeness (QED) is 0.861. The molecule has 0 fully saturated rings. The van der Waals surface area contributed by atoms with Crippen molar-refractivity contribution in [3.05, 3.63) is 45.4 Å². The normalized spacial score (nSPS) is 11.2. The molecule has 0 atom stereocenters. The highest BCUT2D eigenvalue weighted by molar-refractivity contribution is 7.93. The minimum absolute atomic E-state index is 0.0140. The van der Waals surface area contributed by atoms with Crippen molar-refractivity contribution in [3.8, 4) is 0 Å². The molecule has 1 heterocycles. The highest BCUT2D eigenvalue weighted by Gasteiger charge is 2.25. The smallest absolute Gasteiger partial charge is 0.349 e. The molecule has 112 valence electrons. The zero-order chi connectivity index (χ0) is 15.6. The lowest BCUT2D eigenvalue weighted by atomic mass is 10.3. The van der Waals surface area contributed by atoms with Gasteiger partial charge in [0.2, 0.25) is 0 Å². The van der Waals surface area contributed by atoms with Crippen LogP contribution in [0.1, 0.15) is 9.67 Å². The molecule has 21 heavy (non-hydrogen) atoms. The van der Waals surface area contributed by atoms with Crippen LogP contribution in [0, 0.1) is 5.82 Å². The number of nitrogens with one attached hydrogen (secondary N) is 1. The Bertz CT molecular complexity index is 788. The van der Waals surface area contributed by atoms with E-state index in [-0.39, 0.29) is 20.5 Å². The molecule has 1 N–H and O–H groups in total. The molecule has 0 radical (unpaired) electrons. The van der Waals surface area contributed by atoms with Gasteiger partial charge in [0.25, 0.3) is 10.0 Å². The van der Waals surface area contributed by atoms with E-state index in [4.69, 9.17) is 11.6 Å². The molecule has 0 aliphatic rings. The van der Waals surface area contributed by atoms with Crippen molar-refractivity contribution in [1.82, 2.24) is 0 Å². The Morgan fingerprint density at radius 2 is 2.10 bits per heavy atom. The third-order valence-electron chi connectivity index (χ3n) is 2.46. The summed E-state index contributed by atoms with van der Waals surface area (Å²) < 4.78 is 44.2. The summed E-state index contributed by atoms with van der Waals surface area (Å²) in [7, 11) is -2.88. The van der Waals surface area contributed by atoms with E-state index >= 15 is 0 Å². The zero-order valence-electron chi connectivity index (χ0n) is 10.6. The van der Waals surface area contributed by atoms with Crippen LogP contribution in [0.15, 0.2) is 34.5 Å². The average molecular weight is 350 g/mol. The number of esters is 1. The van der Waals surface area contributed by atoms with E-state index < -0.39 is 21.8 Å². The van der Waals surface area contributed by atoms with Gasteiger partial charge in [-0.1, -0.05) is 11.6 Å². The van der Waals surface area contributed by atoms with E-state index in [1.807, 2.05) is 0 Å². The number of ether oxygens (including phenoxy) is 1. The Morgan fingerprint density at radius 3 is 2.71 bits per heavy atom. The molecule has 9 heteroatoms. The molecule has 5 nitrogen and oxygen atoms in total. The maximum atomic E-state index is 12.9.